The van der Waals surface area contributed by atoms with E-state index in [-0.39, 0.29) is 0 Å². The number of anilines is 1. The van der Waals surface area contributed by atoms with Crippen LogP contribution in [0.3, 0.4) is 0 Å². The molecule has 0 bridgehead atoms. The number of nitrogens with zero attached hydrogens (tertiary/aromatic N) is 1. The lowest BCUT2D eigenvalue weighted by atomic mass is 10.1. The molecule has 0 fully saturated rings. The van der Waals surface area contributed by atoms with Gasteiger partial charge >= 0.3 is 0 Å². The first kappa shape index (κ1) is 9.43. The molecule has 16 heavy (non-hydrogen) atoms. The summed E-state index contributed by atoms with van der Waals surface area (Å²) in [6, 6.07) is 13.4. The number of hydrogen-bond acceptors (Lipinski definition) is 2. The lowest BCUT2D eigenvalue weighted by molar-refractivity contribution is 1.50. The summed E-state index contributed by atoms with van der Waals surface area (Å²) in [5.74, 6) is 0. The maximum absolute atomic E-state index is 6.35. The Morgan fingerprint density at radius 2 is 1.69 bits per heavy atom. The van der Waals surface area contributed by atoms with Crippen molar-refractivity contribution < 1.29 is 0 Å². The summed E-state index contributed by atoms with van der Waals surface area (Å²) in [5.41, 5.74) is 8.17. The number of rotatable bonds is 0. The Hall–Kier alpha value is -1.80. The summed E-state index contributed by atoms with van der Waals surface area (Å²) in [6.07, 6.45) is 0. The Kier molecular flexibility index (Phi) is 1.98. The molecule has 3 rings (SSSR count). The number of nitrogen functional groups attached to an aromatic ring is 1. The number of nitrogens with two attached hydrogens (primary N) is 1. The first-order valence-corrected chi connectivity index (χ1v) is 5.37. The lowest BCUT2D eigenvalue weighted by Gasteiger charge is -2.05. The highest BCUT2D eigenvalue weighted by Crippen LogP contribution is 2.30. The van der Waals surface area contributed by atoms with E-state index in [1.807, 2.05) is 42.5 Å². The third-order valence-electron chi connectivity index (χ3n) is 2.64. The van der Waals surface area contributed by atoms with Crippen molar-refractivity contribution in [2.24, 2.45) is 0 Å². The second-order valence-electron chi connectivity index (χ2n) is 3.72. The van der Waals surface area contributed by atoms with Crippen LogP contribution in [-0.2, 0) is 0 Å². The number of benzene rings is 2. The molecule has 2 aromatic carbocycles. The van der Waals surface area contributed by atoms with Gasteiger partial charge in [-0.15, -0.1) is 0 Å². The van der Waals surface area contributed by atoms with Crippen molar-refractivity contribution >= 4 is 39.1 Å². The van der Waals surface area contributed by atoms with Gasteiger partial charge in [0.2, 0.25) is 0 Å². The Morgan fingerprint density at radius 1 is 0.938 bits per heavy atom. The third-order valence-corrected chi connectivity index (χ3v) is 3.05. The van der Waals surface area contributed by atoms with Crippen LogP contribution in [0.1, 0.15) is 0 Å². The fourth-order valence-corrected chi connectivity index (χ4v) is 2.18. The molecule has 3 aromatic rings. The number of pyridine rings is 1. The maximum Gasteiger partial charge on any atom is 0.0745 e. The largest absolute Gasteiger partial charge is 0.399 e. The summed E-state index contributed by atoms with van der Waals surface area (Å²) in [6.45, 7) is 0. The van der Waals surface area contributed by atoms with E-state index in [0.29, 0.717) is 5.69 Å². The fraction of sp³-hybridized carbons (Fsp3) is 0. The van der Waals surface area contributed by atoms with E-state index in [9.17, 15) is 0 Å². The van der Waals surface area contributed by atoms with Gasteiger partial charge in [-0.3, -0.25) is 0 Å². The second kappa shape index (κ2) is 3.35. The van der Waals surface area contributed by atoms with E-state index in [0.717, 1.165) is 26.8 Å². The van der Waals surface area contributed by atoms with Gasteiger partial charge in [0.1, 0.15) is 0 Å². The van der Waals surface area contributed by atoms with Crippen LogP contribution in [0, 0.1) is 0 Å². The monoisotopic (exact) mass is 228 g/mol. The van der Waals surface area contributed by atoms with Gasteiger partial charge in [0.25, 0.3) is 0 Å². The second-order valence-corrected chi connectivity index (χ2v) is 4.10. The standard InChI is InChI=1S/C13H9ClN2/c14-13-9-3-1-2-4-11(9)16-12-7-8(15)5-6-10(12)13/h1-7H,15H2. The Labute approximate surface area is 97.7 Å². The van der Waals surface area contributed by atoms with Crippen LogP contribution in [0.5, 0.6) is 0 Å². The predicted molar refractivity (Wildman–Crippen MR) is 68.7 cm³/mol. The number of para-hydroxylation sites is 1. The van der Waals surface area contributed by atoms with Crippen LogP contribution >= 0.6 is 11.6 Å². The van der Waals surface area contributed by atoms with E-state index in [4.69, 9.17) is 17.3 Å². The van der Waals surface area contributed by atoms with Gasteiger partial charge in [0.05, 0.1) is 16.1 Å². The number of halogens is 1. The molecule has 3 heteroatoms. The minimum absolute atomic E-state index is 0.700. The van der Waals surface area contributed by atoms with Crippen LogP contribution in [0.15, 0.2) is 42.5 Å². The minimum atomic E-state index is 0.700. The van der Waals surface area contributed by atoms with E-state index in [1.165, 1.54) is 0 Å². The van der Waals surface area contributed by atoms with Gasteiger partial charge in [-0.2, -0.15) is 0 Å². The zero-order chi connectivity index (χ0) is 11.1. The molecule has 2 N–H and O–H groups in total. The van der Waals surface area contributed by atoms with Gasteiger partial charge in [-0.1, -0.05) is 29.8 Å². The molecule has 0 aliphatic rings. The highest BCUT2D eigenvalue weighted by molar-refractivity contribution is 6.40. The SMILES string of the molecule is Nc1ccc2c(Cl)c3ccccc3nc2c1. The summed E-state index contributed by atoms with van der Waals surface area (Å²) in [5, 5.41) is 2.65. The molecule has 0 spiro atoms. The summed E-state index contributed by atoms with van der Waals surface area (Å²) in [7, 11) is 0. The van der Waals surface area contributed by atoms with Crippen LogP contribution < -0.4 is 5.73 Å². The third kappa shape index (κ3) is 1.31. The summed E-state index contributed by atoms with van der Waals surface area (Å²) < 4.78 is 0. The van der Waals surface area contributed by atoms with Gasteiger partial charge in [-0.05, 0) is 24.3 Å². The fourth-order valence-electron chi connectivity index (χ4n) is 1.86. The number of hydrogen-bond donors (Lipinski definition) is 1. The maximum atomic E-state index is 6.35. The van der Waals surface area contributed by atoms with Crippen molar-refractivity contribution in [3.63, 3.8) is 0 Å². The molecule has 2 nitrogen and oxygen atoms in total. The van der Waals surface area contributed by atoms with Crippen molar-refractivity contribution in [3.8, 4) is 0 Å². The van der Waals surface area contributed by atoms with Gasteiger partial charge in [0.15, 0.2) is 0 Å². The lowest BCUT2D eigenvalue weighted by Crippen LogP contribution is -1.88. The smallest absolute Gasteiger partial charge is 0.0745 e. The van der Waals surface area contributed by atoms with Crippen molar-refractivity contribution in [3.05, 3.63) is 47.5 Å². The molecular formula is C13H9ClN2. The van der Waals surface area contributed by atoms with Crippen molar-refractivity contribution in [2.75, 3.05) is 5.73 Å². The Balaban J connectivity index is 2.55. The van der Waals surface area contributed by atoms with Crippen LogP contribution in [-0.4, -0.2) is 4.98 Å². The zero-order valence-electron chi connectivity index (χ0n) is 8.44. The molecular weight excluding hydrogens is 220 g/mol. The predicted octanol–water partition coefficient (Wildman–Crippen LogP) is 3.62. The first-order valence-electron chi connectivity index (χ1n) is 4.99. The van der Waals surface area contributed by atoms with Crippen molar-refractivity contribution in [1.82, 2.24) is 4.98 Å². The van der Waals surface area contributed by atoms with Gasteiger partial charge in [0, 0.05) is 16.5 Å². The molecule has 0 radical (unpaired) electrons. The van der Waals surface area contributed by atoms with Crippen LogP contribution in [0.2, 0.25) is 5.02 Å². The van der Waals surface area contributed by atoms with Crippen LogP contribution in [0.25, 0.3) is 21.8 Å². The molecule has 1 aromatic heterocycles. The molecule has 0 saturated heterocycles. The summed E-state index contributed by atoms with van der Waals surface area (Å²) in [4.78, 5) is 4.53. The van der Waals surface area contributed by atoms with Crippen molar-refractivity contribution in [2.45, 2.75) is 0 Å². The molecule has 0 saturated carbocycles. The molecule has 0 amide bonds. The molecule has 0 unspecified atom stereocenters. The van der Waals surface area contributed by atoms with E-state index in [2.05, 4.69) is 4.98 Å². The molecule has 0 aliphatic heterocycles. The van der Waals surface area contributed by atoms with Gasteiger partial charge in [-0.25, -0.2) is 4.98 Å². The Morgan fingerprint density at radius 3 is 2.56 bits per heavy atom. The highest BCUT2D eigenvalue weighted by atomic mass is 35.5. The normalized spacial score (nSPS) is 11.1. The number of fused-ring (bicyclic) bond motifs is 2. The zero-order valence-corrected chi connectivity index (χ0v) is 9.20. The number of aromatic nitrogens is 1. The van der Waals surface area contributed by atoms with Crippen molar-refractivity contribution in [1.29, 1.82) is 0 Å². The summed E-state index contributed by atoms with van der Waals surface area (Å²) >= 11 is 6.35. The van der Waals surface area contributed by atoms with Gasteiger partial charge < -0.3 is 5.73 Å². The molecule has 0 atom stereocenters. The average Bonchev–Trinajstić information content (AvgIpc) is 2.29. The van der Waals surface area contributed by atoms with Crippen LogP contribution in [0.4, 0.5) is 5.69 Å². The first-order chi connectivity index (χ1) is 7.75. The highest BCUT2D eigenvalue weighted by Gasteiger charge is 2.06. The topological polar surface area (TPSA) is 38.9 Å². The van der Waals surface area contributed by atoms with E-state index in [1.54, 1.807) is 0 Å². The molecule has 78 valence electrons. The average molecular weight is 229 g/mol. The molecule has 1 heterocycles. The minimum Gasteiger partial charge on any atom is -0.399 e. The van der Waals surface area contributed by atoms with E-state index < -0.39 is 0 Å². The molecule has 0 aliphatic carbocycles. The van der Waals surface area contributed by atoms with E-state index >= 15 is 0 Å². The quantitative estimate of drug-likeness (QED) is 0.472. The Bertz CT molecular complexity index is 692.